The molecule has 2 fully saturated rings. The summed E-state index contributed by atoms with van der Waals surface area (Å²) in [4.78, 5) is 2.58. The zero-order chi connectivity index (χ0) is 14.0. The molecule has 0 spiro atoms. The number of hydrogen-bond acceptors (Lipinski definition) is 3. The van der Waals surface area contributed by atoms with Crippen LogP contribution in [0.15, 0.2) is 18.5 Å². The van der Waals surface area contributed by atoms with Crippen LogP contribution in [0.25, 0.3) is 0 Å². The lowest BCUT2D eigenvalue weighted by Gasteiger charge is -2.54. The van der Waals surface area contributed by atoms with Gasteiger partial charge in [-0.1, -0.05) is 13.8 Å². The SMILES string of the molecule is CC1(C)C(CN2CCOCC2)C[C@@H]1CCn1cccn1. The Hall–Kier alpha value is -0.870. The molecule has 1 aliphatic carbocycles. The average Bonchev–Trinajstić information content (AvgIpc) is 2.96. The van der Waals surface area contributed by atoms with Crippen LogP contribution in [0.3, 0.4) is 0 Å². The summed E-state index contributed by atoms with van der Waals surface area (Å²) < 4.78 is 7.50. The van der Waals surface area contributed by atoms with Crippen molar-refractivity contribution in [3.8, 4) is 0 Å². The second-order valence-corrected chi connectivity index (χ2v) is 6.92. The first-order valence-corrected chi connectivity index (χ1v) is 7.94. The first-order valence-electron chi connectivity index (χ1n) is 7.94. The highest BCUT2D eigenvalue weighted by atomic mass is 16.5. The zero-order valence-corrected chi connectivity index (χ0v) is 12.8. The molecule has 4 heteroatoms. The van der Waals surface area contributed by atoms with Gasteiger partial charge < -0.3 is 4.74 Å². The van der Waals surface area contributed by atoms with Crippen LogP contribution in [0.5, 0.6) is 0 Å². The maximum Gasteiger partial charge on any atom is 0.0594 e. The lowest BCUT2D eigenvalue weighted by molar-refractivity contribution is -0.0618. The molecular formula is C16H27N3O. The summed E-state index contributed by atoms with van der Waals surface area (Å²) in [5.41, 5.74) is 0.478. The van der Waals surface area contributed by atoms with Crippen molar-refractivity contribution >= 4 is 0 Å². The van der Waals surface area contributed by atoms with Gasteiger partial charge in [0, 0.05) is 38.6 Å². The molecule has 4 nitrogen and oxygen atoms in total. The number of morpholine rings is 1. The van der Waals surface area contributed by atoms with Gasteiger partial charge in [-0.15, -0.1) is 0 Å². The predicted molar refractivity (Wildman–Crippen MR) is 79.5 cm³/mol. The molecule has 1 saturated carbocycles. The van der Waals surface area contributed by atoms with Crippen molar-refractivity contribution in [2.75, 3.05) is 32.8 Å². The van der Waals surface area contributed by atoms with Crippen molar-refractivity contribution in [3.05, 3.63) is 18.5 Å². The highest BCUT2D eigenvalue weighted by molar-refractivity contribution is 4.97. The van der Waals surface area contributed by atoms with E-state index in [1.165, 1.54) is 19.4 Å². The summed E-state index contributed by atoms with van der Waals surface area (Å²) in [7, 11) is 0. The van der Waals surface area contributed by atoms with Crippen LogP contribution in [0, 0.1) is 17.3 Å². The van der Waals surface area contributed by atoms with E-state index in [1.807, 2.05) is 12.3 Å². The van der Waals surface area contributed by atoms with Gasteiger partial charge >= 0.3 is 0 Å². The predicted octanol–water partition coefficient (Wildman–Crippen LogP) is 2.27. The Morgan fingerprint density at radius 2 is 2.05 bits per heavy atom. The fourth-order valence-electron chi connectivity index (χ4n) is 3.74. The Balaban J connectivity index is 1.46. The summed E-state index contributed by atoms with van der Waals surface area (Å²) >= 11 is 0. The third kappa shape index (κ3) is 2.91. The Kier molecular flexibility index (Phi) is 4.13. The maximum absolute atomic E-state index is 5.43. The molecule has 1 saturated heterocycles. The number of rotatable bonds is 5. The smallest absolute Gasteiger partial charge is 0.0594 e. The standard InChI is InChI=1S/C16H27N3O/c1-16(2)14(4-7-19-6-3-5-17-19)12-15(16)13-18-8-10-20-11-9-18/h3,5-6,14-15H,4,7-13H2,1-2H3/t14-,15?/m0/s1. The Labute approximate surface area is 122 Å². The van der Waals surface area contributed by atoms with Gasteiger partial charge in [-0.3, -0.25) is 9.58 Å². The monoisotopic (exact) mass is 277 g/mol. The van der Waals surface area contributed by atoms with Crippen LogP contribution in [0.2, 0.25) is 0 Å². The molecule has 2 aliphatic rings. The first-order chi connectivity index (χ1) is 9.66. The zero-order valence-electron chi connectivity index (χ0n) is 12.8. The molecule has 3 rings (SSSR count). The average molecular weight is 277 g/mol. The minimum Gasteiger partial charge on any atom is -0.379 e. The molecule has 0 N–H and O–H groups in total. The summed E-state index contributed by atoms with van der Waals surface area (Å²) in [6.07, 6.45) is 6.57. The van der Waals surface area contributed by atoms with E-state index in [0.29, 0.717) is 5.41 Å². The van der Waals surface area contributed by atoms with E-state index >= 15 is 0 Å². The highest BCUT2D eigenvalue weighted by Gasteiger charge is 2.47. The number of hydrogen-bond donors (Lipinski definition) is 0. The van der Waals surface area contributed by atoms with Crippen LogP contribution < -0.4 is 0 Å². The van der Waals surface area contributed by atoms with Gasteiger partial charge in [0.25, 0.3) is 0 Å². The molecule has 0 aromatic carbocycles. The highest BCUT2D eigenvalue weighted by Crippen LogP contribution is 2.53. The van der Waals surface area contributed by atoms with Crippen LogP contribution in [-0.2, 0) is 11.3 Å². The van der Waals surface area contributed by atoms with Gasteiger partial charge in [-0.05, 0) is 36.2 Å². The van der Waals surface area contributed by atoms with E-state index in [1.54, 1.807) is 0 Å². The van der Waals surface area contributed by atoms with Crippen LogP contribution in [-0.4, -0.2) is 47.5 Å². The minimum absolute atomic E-state index is 0.478. The normalized spacial score (nSPS) is 30.1. The number of nitrogens with zero attached hydrogens (tertiary/aromatic N) is 3. The third-order valence-electron chi connectivity index (χ3n) is 5.52. The van der Waals surface area contributed by atoms with Crippen molar-refractivity contribution in [2.45, 2.75) is 33.2 Å². The fraction of sp³-hybridized carbons (Fsp3) is 0.812. The minimum atomic E-state index is 0.478. The van der Waals surface area contributed by atoms with E-state index in [2.05, 4.69) is 34.7 Å². The number of aryl methyl sites for hydroxylation is 1. The van der Waals surface area contributed by atoms with E-state index in [9.17, 15) is 0 Å². The van der Waals surface area contributed by atoms with Crippen LogP contribution in [0.4, 0.5) is 0 Å². The summed E-state index contributed by atoms with van der Waals surface area (Å²) in [5, 5.41) is 4.30. The molecule has 1 aliphatic heterocycles. The van der Waals surface area contributed by atoms with Crippen molar-refractivity contribution < 1.29 is 4.74 Å². The summed E-state index contributed by atoms with van der Waals surface area (Å²) in [5.74, 6) is 1.70. The summed E-state index contributed by atoms with van der Waals surface area (Å²) in [6.45, 7) is 11.3. The largest absolute Gasteiger partial charge is 0.379 e. The van der Waals surface area contributed by atoms with Crippen LogP contribution >= 0.6 is 0 Å². The molecule has 2 atom stereocenters. The van der Waals surface area contributed by atoms with Crippen LogP contribution in [0.1, 0.15) is 26.7 Å². The molecule has 0 amide bonds. The van der Waals surface area contributed by atoms with Crippen molar-refractivity contribution in [1.82, 2.24) is 14.7 Å². The molecule has 0 radical (unpaired) electrons. The van der Waals surface area contributed by atoms with E-state index in [0.717, 1.165) is 44.7 Å². The van der Waals surface area contributed by atoms with E-state index < -0.39 is 0 Å². The second-order valence-electron chi connectivity index (χ2n) is 6.92. The Bertz CT molecular complexity index is 409. The quantitative estimate of drug-likeness (QED) is 0.827. The summed E-state index contributed by atoms with van der Waals surface area (Å²) in [6, 6.07) is 2.01. The molecule has 1 unspecified atom stereocenters. The second kappa shape index (κ2) is 5.86. The van der Waals surface area contributed by atoms with Gasteiger partial charge in [0.1, 0.15) is 0 Å². The van der Waals surface area contributed by atoms with E-state index in [-0.39, 0.29) is 0 Å². The van der Waals surface area contributed by atoms with Gasteiger partial charge in [0.2, 0.25) is 0 Å². The lowest BCUT2D eigenvalue weighted by Crippen LogP contribution is -2.52. The topological polar surface area (TPSA) is 30.3 Å². The van der Waals surface area contributed by atoms with Crippen molar-refractivity contribution in [2.24, 2.45) is 17.3 Å². The molecule has 1 aromatic heterocycles. The number of ether oxygens (including phenoxy) is 1. The van der Waals surface area contributed by atoms with Gasteiger partial charge in [0.15, 0.2) is 0 Å². The van der Waals surface area contributed by atoms with Gasteiger partial charge in [0.05, 0.1) is 13.2 Å². The van der Waals surface area contributed by atoms with Crippen molar-refractivity contribution in [3.63, 3.8) is 0 Å². The molecule has 2 heterocycles. The molecule has 20 heavy (non-hydrogen) atoms. The van der Waals surface area contributed by atoms with Gasteiger partial charge in [-0.2, -0.15) is 5.10 Å². The molecular weight excluding hydrogens is 250 g/mol. The maximum atomic E-state index is 5.43. The first kappa shape index (κ1) is 14.1. The fourth-order valence-corrected chi connectivity index (χ4v) is 3.74. The van der Waals surface area contributed by atoms with Gasteiger partial charge in [-0.25, -0.2) is 0 Å². The van der Waals surface area contributed by atoms with Crippen molar-refractivity contribution in [1.29, 1.82) is 0 Å². The Morgan fingerprint density at radius 3 is 2.70 bits per heavy atom. The Morgan fingerprint density at radius 1 is 1.25 bits per heavy atom. The molecule has 112 valence electrons. The third-order valence-corrected chi connectivity index (χ3v) is 5.52. The molecule has 0 bridgehead atoms. The lowest BCUT2D eigenvalue weighted by atomic mass is 9.53. The number of aromatic nitrogens is 2. The molecule has 1 aromatic rings. The van der Waals surface area contributed by atoms with E-state index in [4.69, 9.17) is 4.74 Å².